The van der Waals surface area contributed by atoms with Crippen LogP contribution in [0.5, 0.6) is 0 Å². The Kier molecular flexibility index (Phi) is 6.94. The van der Waals surface area contributed by atoms with E-state index in [1.807, 2.05) is 6.07 Å². The van der Waals surface area contributed by atoms with Gasteiger partial charge < -0.3 is 21.7 Å². The van der Waals surface area contributed by atoms with Crippen molar-refractivity contribution in [2.24, 2.45) is 16.5 Å². The molecule has 11 heteroatoms. The van der Waals surface area contributed by atoms with E-state index in [4.69, 9.17) is 16.5 Å². The summed E-state index contributed by atoms with van der Waals surface area (Å²) in [5.74, 6) is 0.801. The molecule has 1 aromatic heterocycles. The van der Waals surface area contributed by atoms with Crippen molar-refractivity contribution in [1.82, 2.24) is 4.98 Å². The van der Waals surface area contributed by atoms with Gasteiger partial charge in [-0.3, -0.25) is 9.89 Å². The summed E-state index contributed by atoms with van der Waals surface area (Å²) in [6, 6.07) is 15.1. The first-order valence-corrected chi connectivity index (χ1v) is 12.4. The second-order valence-electron chi connectivity index (χ2n) is 9.29. The minimum atomic E-state index is -4.46. The third-order valence-corrected chi connectivity index (χ3v) is 6.73. The number of nitrogens with one attached hydrogen (secondary N) is 1. The molecule has 2 aliphatic rings. The number of pyridine rings is 1. The van der Waals surface area contributed by atoms with Crippen LogP contribution in [0.4, 0.5) is 35.2 Å². The van der Waals surface area contributed by atoms with Crippen LogP contribution in [0.15, 0.2) is 65.7 Å². The van der Waals surface area contributed by atoms with Crippen LogP contribution < -0.4 is 26.6 Å². The lowest BCUT2D eigenvalue weighted by Gasteiger charge is -2.45. The van der Waals surface area contributed by atoms with Gasteiger partial charge in [0.1, 0.15) is 5.84 Å². The average molecular weight is 524 g/mol. The Hall–Kier alpha value is -4.12. The summed E-state index contributed by atoms with van der Waals surface area (Å²) in [7, 11) is 0. The highest BCUT2D eigenvalue weighted by Crippen LogP contribution is 2.40. The van der Waals surface area contributed by atoms with Gasteiger partial charge in [0.25, 0.3) is 0 Å². The fourth-order valence-corrected chi connectivity index (χ4v) is 4.88. The Morgan fingerprint density at radius 1 is 1.13 bits per heavy atom. The van der Waals surface area contributed by atoms with E-state index in [1.165, 1.54) is 6.07 Å². The van der Waals surface area contributed by atoms with Crippen LogP contribution in [-0.2, 0) is 6.18 Å². The fourth-order valence-electron chi connectivity index (χ4n) is 4.88. The molecular weight excluding hydrogens is 495 g/mol. The highest BCUT2D eigenvalue weighted by molar-refractivity contribution is 6.05. The van der Waals surface area contributed by atoms with Gasteiger partial charge in [-0.25, -0.2) is 9.78 Å². The average Bonchev–Trinajstić information content (AvgIpc) is 2.91. The number of carbonyl (C=O) groups excluding carboxylic acids is 1. The number of hydrogen-bond donors (Lipinski definition) is 3. The molecule has 0 spiro atoms. The van der Waals surface area contributed by atoms with Gasteiger partial charge in [0.05, 0.1) is 29.5 Å². The van der Waals surface area contributed by atoms with E-state index in [-0.39, 0.29) is 12.1 Å². The zero-order valence-electron chi connectivity index (χ0n) is 20.6. The Labute approximate surface area is 218 Å². The molecule has 0 saturated carbocycles. The van der Waals surface area contributed by atoms with E-state index in [0.717, 1.165) is 42.8 Å². The standard InChI is InChI=1S/C27H28F3N7O/c28-27(29,30)19-4-1-3-18(15-19)22-10-11-23-25(35-22)37(21-5-2-14-36(23)16-21)26(38)34-20-8-6-17(7-9-20)24(32)33-13-12-31/h1,3-4,6-11,15,21H,2,5,12-14,16,31H2,(H2,32,33)(H,34,38). The Bertz CT molecular complexity index is 1360. The van der Waals surface area contributed by atoms with Gasteiger partial charge in [0.15, 0.2) is 5.82 Å². The molecule has 8 nitrogen and oxygen atoms in total. The van der Waals surface area contributed by atoms with Crippen LogP contribution in [0.3, 0.4) is 0 Å². The van der Waals surface area contributed by atoms with Crippen molar-refractivity contribution in [2.75, 3.05) is 41.3 Å². The number of amides is 2. The smallest absolute Gasteiger partial charge is 0.384 e. The third-order valence-electron chi connectivity index (χ3n) is 6.73. The van der Waals surface area contributed by atoms with Gasteiger partial charge in [-0.05, 0) is 61.4 Å². The van der Waals surface area contributed by atoms with Gasteiger partial charge in [0, 0.05) is 36.4 Å². The Morgan fingerprint density at radius 2 is 1.92 bits per heavy atom. The molecule has 1 fully saturated rings. The molecule has 1 saturated heterocycles. The molecule has 198 valence electrons. The van der Waals surface area contributed by atoms with E-state index in [2.05, 4.69) is 15.2 Å². The summed E-state index contributed by atoms with van der Waals surface area (Å²) in [6.07, 6.45) is -2.75. The molecule has 5 rings (SSSR count). The summed E-state index contributed by atoms with van der Waals surface area (Å²) in [6.45, 7) is 2.32. The SMILES string of the molecule is NCCN=C(N)c1ccc(NC(=O)N2c3nc(-c4cccc(C(F)(F)F)c4)ccc3N3CCCC2C3)cc1. The number of aromatic nitrogens is 1. The first kappa shape index (κ1) is 25.5. The number of anilines is 3. The second-order valence-corrected chi connectivity index (χ2v) is 9.29. The molecule has 2 aliphatic heterocycles. The summed E-state index contributed by atoms with van der Waals surface area (Å²) >= 11 is 0. The topological polar surface area (TPSA) is 113 Å². The number of fused-ring (bicyclic) bond motifs is 4. The number of hydrogen-bond acceptors (Lipinski definition) is 5. The summed E-state index contributed by atoms with van der Waals surface area (Å²) in [4.78, 5) is 26.3. The number of halogens is 3. The molecule has 38 heavy (non-hydrogen) atoms. The maximum atomic E-state index is 13.6. The van der Waals surface area contributed by atoms with Gasteiger partial charge in [-0.2, -0.15) is 13.2 Å². The minimum absolute atomic E-state index is 0.112. The van der Waals surface area contributed by atoms with E-state index in [1.54, 1.807) is 41.3 Å². The molecule has 2 aromatic carbocycles. The number of nitrogens with two attached hydrogens (primary N) is 2. The fraction of sp³-hybridized carbons (Fsp3) is 0.296. The molecule has 3 heterocycles. The molecule has 5 N–H and O–H groups in total. The number of rotatable bonds is 5. The quantitative estimate of drug-likeness (QED) is 0.338. The molecule has 0 aliphatic carbocycles. The Balaban J connectivity index is 1.45. The maximum absolute atomic E-state index is 13.6. The number of piperidine rings is 1. The Morgan fingerprint density at radius 3 is 2.66 bits per heavy atom. The van der Waals surface area contributed by atoms with Gasteiger partial charge in [-0.15, -0.1) is 0 Å². The van der Waals surface area contributed by atoms with Crippen molar-refractivity contribution in [2.45, 2.75) is 25.1 Å². The zero-order chi connectivity index (χ0) is 26.9. The number of urea groups is 1. The van der Waals surface area contributed by atoms with Gasteiger partial charge in [-0.1, -0.05) is 12.1 Å². The van der Waals surface area contributed by atoms with E-state index < -0.39 is 11.7 Å². The number of nitrogens with zero attached hydrogens (tertiary/aromatic N) is 4. The number of aliphatic imine (C=N–C) groups is 1. The molecule has 1 atom stereocenters. The van der Waals surface area contributed by atoms with E-state index in [9.17, 15) is 18.0 Å². The maximum Gasteiger partial charge on any atom is 0.416 e. The molecular formula is C27H28F3N7O. The first-order chi connectivity index (χ1) is 18.2. The van der Waals surface area contributed by atoms with Crippen molar-refractivity contribution in [3.8, 4) is 11.3 Å². The first-order valence-electron chi connectivity index (χ1n) is 12.4. The zero-order valence-corrected chi connectivity index (χ0v) is 20.6. The number of alkyl halides is 3. The van der Waals surface area contributed by atoms with Gasteiger partial charge in [0.2, 0.25) is 0 Å². The second kappa shape index (κ2) is 10.3. The summed E-state index contributed by atoms with van der Waals surface area (Å²) < 4.78 is 39.9. The minimum Gasteiger partial charge on any atom is -0.384 e. The van der Waals surface area contributed by atoms with Crippen LogP contribution in [0, 0.1) is 0 Å². The summed E-state index contributed by atoms with van der Waals surface area (Å²) in [5.41, 5.74) is 13.5. The summed E-state index contributed by atoms with van der Waals surface area (Å²) in [5, 5.41) is 2.93. The number of carbonyl (C=O) groups is 1. The highest BCUT2D eigenvalue weighted by atomic mass is 19.4. The van der Waals surface area contributed by atoms with Crippen molar-refractivity contribution in [3.63, 3.8) is 0 Å². The van der Waals surface area contributed by atoms with Crippen LogP contribution in [-0.4, -0.2) is 49.1 Å². The lowest BCUT2D eigenvalue weighted by molar-refractivity contribution is -0.137. The normalized spacial score (nSPS) is 17.3. The van der Waals surface area contributed by atoms with Gasteiger partial charge >= 0.3 is 12.2 Å². The monoisotopic (exact) mass is 523 g/mol. The number of amidine groups is 1. The lowest BCUT2D eigenvalue weighted by atomic mass is 9.99. The van der Waals surface area contributed by atoms with Crippen molar-refractivity contribution >= 4 is 29.1 Å². The largest absolute Gasteiger partial charge is 0.416 e. The molecule has 3 aromatic rings. The predicted molar refractivity (Wildman–Crippen MR) is 142 cm³/mol. The highest BCUT2D eigenvalue weighted by Gasteiger charge is 2.38. The van der Waals surface area contributed by atoms with Crippen LogP contribution in [0.1, 0.15) is 24.0 Å². The van der Waals surface area contributed by atoms with Crippen LogP contribution in [0.25, 0.3) is 11.3 Å². The van der Waals surface area contributed by atoms with Crippen molar-refractivity contribution in [1.29, 1.82) is 0 Å². The van der Waals surface area contributed by atoms with Crippen molar-refractivity contribution in [3.05, 3.63) is 71.8 Å². The van der Waals surface area contributed by atoms with E-state index >= 15 is 0 Å². The predicted octanol–water partition coefficient (Wildman–Crippen LogP) is 4.45. The van der Waals surface area contributed by atoms with Crippen LogP contribution in [0.2, 0.25) is 0 Å². The lowest BCUT2D eigenvalue weighted by Crippen LogP contribution is -2.56. The molecule has 2 bridgehead atoms. The number of benzene rings is 2. The van der Waals surface area contributed by atoms with Crippen molar-refractivity contribution < 1.29 is 18.0 Å². The molecule has 2 amide bonds. The van der Waals surface area contributed by atoms with E-state index in [0.29, 0.717) is 48.2 Å². The molecule has 1 unspecified atom stereocenters. The van der Waals surface area contributed by atoms with Crippen LogP contribution >= 0.6 is 0 Å². The molecule has 0 radical (unpaired) electrons. The third kappa shape index (κ3) is 5.14.